The molecule has 2 atom stereocenters. The molecule has 7 heteroatoms. The van der Waals surface area contributed by atoms with Crippen LogP contribution in [0, 0.1) is 0 Å². The number of ether oxygens (including phenoxy) is 2. The van der Waals surface area contributed by atoms with Crippen molar-refractivity contribution in [1.29, 1.82) is 0 Å². The Morgan fingerprint density at radius 2 is 2.12 bits per heavy atom. The topological polar surface area (TPSA) is 89.6 Å². The first kappa shape index (κ1) is 15.4. The van der Waals surface area contributed by atoms with Gasteiger partial charge in [0.25, 0.3) is 5.91 Å². The molecule has 128 valence electrons. The second-order valence-corrected chi connectivity index (χ2v) is 6.02. The molecule has 7 nitrogen and oxygen atoms in total. The van der Waals surface area contributed by atoms with E-state index >= 15 is 0 Å². The standard InChI is InChI=1S/C18H17N3O4/c22-16-6-4-13(17(21-16)12-2-1-7-19-9-12)20-18(23)11-3-5-14-15(8-11)25-10-24-14/h1-3,5,7-9,13,17H,4,6,10H2,(H,20,23)(H,21,22)/t13-,17?/m0/s1. The Morgan fingerprint density at radius 3 is 2.96 bits per heavy atom. The number of nitrogens with zero attached hydrogens (tertiary/aromatic N) is 1. The summed E-state index contributed by atoms with van der Waals surface area (Å²) in [5.74, 6) is 0.957. The Balaban J connectivity index is 1.53. The summed E-state index contributed by atoms with van der Waals surface area (Å²) in [5, 5.41) is 5.96. The van der Waals surface area contributed by atoms with E-state index in [1.54, 1.807) is 30.6 Å². The Bertz CT molecular complexity index is 809. The molecule has 1 saturated heterocycles. The van der Waals surface area contributed by atoms with E-state index in [1.807, 2.05) is 12.1 Å². The molecule has 1 aromatic heterocycles. The molecule has 3 heterocycles. The van der Waals surface area contributed by atoms with Crippen molar-refractivity contribution in [1.82, 2.24) is 15.6 Å². The summed E-state index contributed by atoms with van der Waals surface area (Å²) in [6.45, 7) is 0.165. The van der Waals surface area contributed by atoms with Crippen LogP contribution in [0.5, 0.6) is 11.5 Å². The highest BCUT2D eigenvalue weighted by Gasteiger charge is 2.31. The quantitative estimate of drug-likeness (QED) is 0.886. The van der Waals surface area contributed by atoms with Gasteiger partial charge in [0.15, 0.2) is 11.5 Å². The molecule has 2 N–H and O–H groups in total. The molecule has 2 aliphatic heterocycles. The van der Waals surface area contributed by atoms with Gasteiger partial charge in [-0.2, -0.15) is 0 Å². The van der Waals surface area contributed by atoms with Crippen molar-refractivity contribution in [2.24, 2.45) is 0 Å². The number of carbonyl (C=O) groups excluding carboxylic acids is 2. The van der Waals surface area contributed by atoms with E-state index < -0.39 is 0 Å². The fourth-order valence-electron chi connectivity index (χ4n) is 3.12. The predicted octanol–water partition coefficient (Wildman–Crippen LogP) is 1.56. The molecule has 0 bridgehead atoms. The first-order valence-electron chi connectivity index (χ1n) is 8.10. The predicted molar refractivity (Wildman–Crippen MR) is 88.2 cm³/mol. The molecular formula is C18H17N3O4. The first-order valence-corrected chi connectivity index (χ1v) is 8.10. The largest absolute Gasteiger partial charge is 0.454 e. The smallest absolute Gasteiger partial charge is 0.251 e. The average molecular weight is 339 g/mol. The van der Waals surface area contributed by atoms with E-state index in [2.05, 4.69) is 15.6 Å². The molecule has 0 spiro atoms. The van der Waals surface area contributed by atoms with Crippen LogP contribution in [0.2, 0.25) is 0 Å². The van der Waals surface area contributed by atoms with Crippen LogP contribution in [0.4, 0.5) is 0 Å². The Labute approximate surface area is 144 Å². The fourth-order valence-corrected chi connectivity index (χ4v) is 3.12. The highest BCUT2D eigenvalue weighted by atomic mass is 16.7. The number of hydrogen-bond acceptors (Lipinski definition) is 5. The molecule has 2 amide bonds. The second-order valence-electron chi connectivity index (χ2n) is 6.02. The summed E-state index contributed by atoms with van der Waals surface area (Å²) in [7, 11) is 0. The van der Waals surface area contributed by atoms with Gasteiger partial charge in [-0.25, -0.2) is 0 Å². The highest BCUT2D eigenvalue weighted by molar-refractivity contribution is 5.95. The zero-order valence-corrected chi connectivity index (χ0v) is 13.4. The minimum Gasteiger partial charge on any atom is -0.454 e. The third-order valence-electron chi connectivity index (χ3n) is 4.40. The summed E-state index contributed by atoms with van der Waals surface area (Å²) in [6, 6.07) is 8.28. The molecular weight excluding hydrogens is 322 g/mol. The van der Waals surface area contributed by atoms with Crippen molar-refractivity contribution in [2.45, 2.75) is 24.9 Å². The van der Waals surface area contributed by atoms with Crippen LogP contribution < -0.4 is 20.1 Å². The number of aromatic nitrogens is 1. The molecule has 2 aromatic rings. The van der Waals surface area contributed by atoms with Crippen molar-refractivity contribution >= 4 is 11.8 Å². The lowest BCUT2D eigenvalue weighted by molar-refractivity contribution is -0.123. The Kier molecular flexibility index (Phi) is 3.97. The van der Waals surface area contributed by atoms with Crippen LogP contribution in [0.15, 0.2) is 42.7 Å². The van der Waals surface area contributed by atoms with Gasteiger partial charge in [0, 0.05) is 24.4 Å². The number of hydrogen-bond donors (Lipinski definition) is 2. The SMILES string of the molecule is O=C1CC[C@H](NC(=O)c2ccc3c(c2)OCO3)C(c2cccnc2)N1. The van der Waals surface area contributed by atoms with Gasteiger partial charge < -0.3 is 20.1 Å². The van der Waals surface area contributed by atoms with E-state index in [-0.39, 0.29) is 30.7 Å². The van der Waals surface area contributed by atoms with Crippen molar-refractivity contribution in [3.05, 3.63) is 53.9 Å². The third kappa shape index (κ3) is 3.13. The molecule has 0 radical (unpaired) electrons. The molecule has 0 aliphatic carbocycles. The van der Waals surface area contributed by atoms with Gasteiger partial charge in [-0.3, -0.25) is 14.6 Å². The molecule has 1 fully saturated rings. The average Bonchev–Trinajstić information content (AvgIpc) is 3.11. The lowest BCUT2D eigenvalue weighted by Gasteiger charge is -2.33. The number of pyridine rings is 1. The maximum Gasteiger partial charge on any atom is 0.251 e. The number of rotatable bonds is 3. The van der Waals surface area contributed by atoms with E-state index in [0.717, 1.165) is 5.56 Å². The third-order valence-corrected chi connectivity index (χ3v) is 4.40. The van der Waals surface area contributed by atoms with Crippen molar-refractivity contribution in [3.63, 3.8) is 0 Å². The lowest BCUT2D eigenvalue weighted by atomic mass is 9.92. The van der Waals surface area contributed by atoms with Gasteiger partial charge in [-0.15, -0.1) is 0 Å². The zero-order chi connectivity index (χ0) is 17.2. The minimum atomic E-state index is -0.298. The van der Waals surface area contributed by atoms with Crippen LogP contribution in [0.25, 0.3) is 0 Å². The highest BCUT2D eigenvalue weighted by Crippen LogP contribution is 2.32. The minimum absolute atomic E-state index is 0.0255. The fraction of sp³-hybridized carbons (Fsp3) is 0.278. The molecule has 25 heavy (non-hydrogen) atoms. The van der Waals surface area contributed by atoms with Gasteiger partial charge in [0.2, 0.25) is 12.7 Å². The first-order chi connectivity index (χ1) is 12.2. The van der Waals surface area contributed by atoms with E-state index in [9.17, 15) is 9.59 Å². The van der Waals surface area contributed by atoms with E-state index in [1.165, 1.54) is 0 Å². The monoisotopic (exact) mass is 339 g/mol. The molecule has 4 rings (SSSR count). The second kappa shape index (κ2) is 6.43. The van der Waals surface area contributed by atoms with Crippen molar-refractivity contribution in [2.75, 3.05) is 6.79 Å². The van der Waals surface area contributed by atoms with Gasteiger partial charge >= 0.3 is 0 Å². The summed E-state index contributed by atoms with van der Waals surface area (Å²) in [5.41, 5.74) is 1.36. The van der Waals surface area contributed by atoms with E-state index in [4.69, 9.17) is 9.47 Å². The number of amides is 2. The molecule has 2 aliphatic rings. The number of piperidine rings is 1. The van der Waals surface area contributed by atoms with Crippen molar-refractivity contribution in [3.8, 4) is 11.5 Å². The maximum atomic E-state index is 12.6. The van der Waals surface area contributed by atoms with Crippen LogP contribution >= 0.6 is 0 Å². The van der Waals surface area contributed by atoms with Gasteiger partial charge in [-0.05, 0) is 36.2 Å². The number of benzene rings is 1. The molecule has 1 unspecified atom stereocenters. The van der Waals surface area contributed by atoms with Crippen LogP contribution in [-0.4, -0.2) is 29.6 Å². The Hall–Kier alpha value is -3.09. The summed E-state index contributed by atoms with van der Waals surface area (Å²) in [6.07, 6.45) is 4.33. The van der Waals surface area contributed by atoms with Crippen LogP contribution in [0.1, 0.15) is 34.8 Å². The van der Waals surface area contributed by atoms with Gasteiger partial charge in [-0.1, -0.05) is 6.07 Å². The normalized spacial score (nSPS) is 21.5. The van der Waals surface area contributed by atoms with Crippen molar-refractivity contribution < 1.29 is 19.1 Å². The summed E-state index contributed by atoms with van der Waals surface area (Å²) >= 11 is 0. The number of carbonyl (C=O) groups is 2. The van der Waals surface area contributed by atoms with Gasteiger partial charge in [0.1, 0.15) is 0 Å². The summed E-state index contributed by atoms with van der Waals surface area (Å²) < 4.78 is 10.6. The maximum absolute atomic E-state index is 12.6. The molecule has 0 saturated carbocycles. The summed E-state index contributed by atoms with van der Waals surface area (Å²) in [4.78, 5) is 28.5. The van der Waals surface area contributed by atoms with Crippen LogP contribution in [0.3, 0.4) is 0 Å². The molecule has 1 aromatic carbocycles. The van der Waals surface area contributed by atoms with Crippen LogP contribution in [-0.2, 0) is 4.79 Å². The number of nitrogens with one attached hydrogen (secondary N) is 2. The number of fused-ring (bicyclic) bond motifs is 1. The van der Waals surface area contributed by atoms with Gasteiger partial charge in [0.05, 0.1) is 12.1 Å². The Morgan fingerprint density at radius 1 is 1.24 bits per heavy atom. The zero-order valence-electron chi connectivity index (χ0n) is 13.4. The lowest BCUT2D eigenvalue weighted by Crippen LogP contribution is -2.50. The van der Waals surface area contributed by atoms with E-state index in [0.29, 0.717) is 29.9 Å².